The van der Waals surface area contributed by atoms with Crippen LogP contribution in [0.5, 0.6) is 0 Å². The van der Waals surface area contributed by atoms with E-state index in [-0.39, 0.29) is 17.6 Å². The summed E-state index contributed by atoms with van der Waals surface area (Å²) in [5, 5.41) is 15.0. The van der Waals surface area contributed by atoms with Crippen molar-refractivity contribution in [2.24, 2.45) is 0 Å². The summed E-state index contributed by atoms with van der Waals surface area (Å²) in [6.45, 7) is 1.61. The lowest BCUT2D eigenvalue weighted by Crippen LogP contribution is -2.42. The van der Waals surface area contributed by atoms with Gasteiger partial charge in [-0.1, -0.05) is 41.0 Å². The molecule has 0 fully saturated rings. The van der Waals surface area contributed by atoms with E-state index in [9.17, 15) is 9.59 Å². The Bertz CT molecular complexity index is 1010. The third-order valence-corrected chi connectivity index (χ3v) is 5.25. The van der Waals surface area contributed by atoms with Gasteiger partial charge in [0.2, 0.25) is 11.8 Å². The van der Waals surface area contributed by atoms with Crippen LogP contribution in [0.15, 0.2) is 60.0 Å². The van der Waals surface area contributed by atoms with Crippen LogP contribution >= 0.6 is 35.0 Å². The van der Waals surface area contributed by atoms with Crippen molar-refractivity contribution in [1.29, 1.82) is 0 Å². The lowest BCUT2D eigenvalue weighted by molar-refractivity contribution is -0.124. The number of hydrogen-bond donors (Lipinski definition) is 2. The average Bonchev–Trinajstić information content (AvgIpc) is 3.17. The Morgan fingerprint density at radius 3 is 2.62 bits per heavy atom. The zero-order valence-corrected chi connectivity index (χ0v) is 17.6. The van der Waals surface area contributed by atoms with Crippen molar-refractivity contribution in [1.82, 2.24) is 20.1 Å². The van der Waals surface area contributed by atoms with Crippen LogP contribution < -0.4 is 10.6 Å². The predicted octanol–water partition coefficient (Wildman–Crippen LogP) is 3.81. The standard InChI is InChI=1S/C19H17Cl2N5O2S/c1-12(18(28)24-15-7-5-13(20)6-8-15)23-17(27)10-29-19-25-22-11-26(19)16-4-2-3-14(21)9-16/h2-9,11-12H,10H2,1H3,(H,23,27)(H,24,28)/t12-/m0/s1. The number of nitrogens with zero attached hydrogens (tertiary/aromatic N) is 3. The predicted molar refractivity (Wildman–Crippen MR) is 115 cm³/mol. The van der Waals surface area contributed by atoms with Crippen molar-refractivity contribution in [2.75, 3.05) is 11.1 Å². The molecule has 150 valence electrons. The number of benzene rings is 2. The molecule has 1 heterocycles. The molecular weight excluding hydrogens is 433 g/mol. The Balaban J connectivity index is 1.53. The first-order valence-corrected chi connectivity index (χ1v) is 10.3. The maximum Gasteiger partial charge on any atom is 0.246 e. The summed E-state index contributed by atoms with van der Waals surface area (Å²) >= 11 is 13.1. The number of halogens is 2. The maximum atomic E-state index is 12.2. The fourth-order valence-electron chi connectivity index (χ4n) is 2.39. The van der Waals surface area contributed by atoms with Crippen LogP contribution in [0.1, 0.15) is 6.92 Å². The molecule has 0 unspecified atom stereocenters. The second-order valence-corrected chi connectivity index (χ2v) is 7.85. The SMILES string of the molecule is C[C@H](NC(=O)CSc1nncn1-c1cccc(Cl)c1)C(=O)Nc1ccc(Cl)cc1. The van der Waals surface area contributed by atoms with Gasteiger partial charge in [-0.15, -0.1) is 10.2 Å². The molecule has 0 radical (unpaired) electrons. The van der Waals surface area contributed by atoms with E-state index < -0.39 is 6.04 Å². The Kier molecular flexibility index (Phi) is 7.13. The van der Waals surface area contributed by atoms with Crippen LogP contribution in [0.4, 0.5) is 5.69 Å². The number of amides is 2. The lowest BCUT2D eigenvalue weighted by atomic mass is 10.2. The molecule has 7 nitrogen and oxygen atoms in total. The number of hydrogen-bond acceptors (Lipinski definition) is 5. The van der Waals surface area contributed by atoms with Crippen molar-refractivity contribution < 1.29 is 9.59 Å². The van der Waals surface area contributed by atoms with Gasteiger partial charge in [-0.05, 0) is 49.4 Å². The van der Waals surface area contributed by atoms with E-state index in [0.717, 1.165) is 5.69 Å². The minimum absolute atomic E-state index is 0.0812. The Hall–Kier alpha value is -2.55. The van der Waals surface area contributed by atoms with Crippen LogP contribution in [0.3, 0.4) is 0 Å². The lowest BCUT2D eigenvalue weighted by Gasteiger charge is -2.14. The zero-order valence-electron chi connectivity index (χ0n) is 15.3. The molecule has 1 aromatic heterocycles. The molecule has 0 aliphatic heterocycles. The van der Waals surface area contributed by atoms with Crippen LogP contribution in [0, 0.1) is 0 Å². The van der Waals surface area contributed by atoms with E-state index >= 15 is 0 Å². The van der Waals surface area contributed by atoms with Crippen LogP contribution in [-0.2, 0) is 9.59 Å². The highest BCUT2D eigenvalue weighted by Crippen LogP contribution is 2.21. The fourth-order valence-corrected chi connectivity index (χ4v) is 3.44. The third-order valence-electron chi connectivity index (χ3n) is 3.82. The monoisotopic (exact) mass is 449 g/mol. The van der Waals surface area contributed by atoms with Gasteiger partial charge in [-0.3, -0.25) is 14.2 Å². The molecule has 3 rings (SSSR count). The Morgan fingerprint density at radius 2 is 1.90 bits per heavy atom. The molecular formula is C19H17Cl2N5O2S. The van der Waals surface area contributed by atoms with Crippen LogP contribution in [0.2, 0.25) is 10.0 Å². The summed E-state index contributed by atoms with van der Waals surface area (Å²) in [6.07, 6.45) is 1.55. The van der Waals surface area contributed by atoms with Gasteiger partial charge in [0.1, 0.15) is 12.4 Å². The highest BCUT2D eigenvalue weighted by molar-refractivity contribution is 7.99. The number of carbonyl (C=O) groups excluding carboxylic acids is 2. The van der Waals surface area contributed by atoms with Gasteiger partial charge in [-0.2, -0.15) is 0 Å². The van der Waals surface area contributed by atoms with Gasteiger partial charge in [0.25, 0.3) is 0 Å². The Morgan fingerprint density at radius 1 is 1.14 bits per heavy atom. The average molecular weight is 450 g/mol. The molecule has 2 amide bonds. The van der Waals surface area contributed by atoms with Gasteiger partial charge >= 0.3 is 0 Å². The third kappa shape index (κ3) is 5.96. The summed E-state index contributed by atoms with van der Waals surface area (Å²) in [7, 11) is 0. The summed E-state index contributed by atoms with van der Waals surface area (Å²) in [5.41, 5.74) is 1.39. The number of nitrogens with one attached hydrogen (secondary N) is 2. The van der Waals surface area contributed by atoms with Gasteiger partial charge in [0.05, 0.1) is 11.4 Å². The van der Waals surface area contributed by atoms with Crippen molar-refractivity contribution in [3.63, 3.8) is 0 Å². The van der Waals surface area contributed by atoms with E-state index in [1.54, 1.807) is 54.2 Å². The number of rotatable bonds is 7. The second kappa shape index (κ2) is 9.78. The largest absolute Gasteiger partial charge is 0.344 e. The molecule has 3 aromatic rings. The number of carbonyl (C=O) groups is 2. The first-order valence-electron chi connectivity index (χ1n) is 8.57. The molecule has 0 saturated heterocycles. The number of thioether (sulfide) groups is 1. The molecule has 2 N–H and O–H groups in total. The first kappa shape index (κ1) is 21.2. The topological polar surface area (TPSA) is 88.9 Å². The quantitative estimate of drug-likeness (QED) is 0.535. The normalized spacial score (nSPS) is 11.7. The van der Waals surface area contributed by atoms with E-state index in [1.807, 2.05) is 12.1 Å². The van der Waals surface area contributed by atoms with Crippen molar-refractivity contribution in [2.45, 2.75) is 18.1 Å². The molecule has 0 aliphatic rings. The molecule has 0 bridgehead atoms. The van der Waals surface area contributed by atoms with E-state index in [4.69, 9.17) is 23.2 Å². The summed E-state index contributed by atoms with van der Waals surface area (Å²) in [4.78, 5) is 24.5. The van der Waals surface area contributed by atoms with Crippen LogP contribution in [0.25, 0.3) is 5.69 Å². The van der Waals surface area contributed by atoms with Crippen LogP contribution in [-0.4, -0.2) is 38.4 Å². The van der Waals surface area contributed by atoms with Gasteiger partial charge in [0.15, 0.2) is 5.16 Å². The molecule has 0 saturated carbocycles. The second-order valence-electron chi connectivity index (χ2n) is 6.04. The van der Waals surface area contributed by atoms with Gasteiger partial charge in [0, 0.05) is 15.7 Å². The minimum Gasteiger partial charge on any atom is -0.344 e. The zero-order chi connectivity index (χ0) is 20.8. The number of anilines is 1. The maximum absolute atomic E-state index is 12.2. The first-order chi connectivity index (χ1) is 13.9. The molecule has 2 aromatic carbocycles. The van der Waals surface area contributed by atoms with E-state index in [2.05, 4.69) is 20.8 Å². The smallest absolute Gasteiger partial charge is 0.246 e. The van der Waals surface area contributed by atoms with E-state index in [1.165, 1.54) is 11.8 Å². The molecule has 0 aliphatic carbocycles. The summed E-state index contributed by atoms with van der Waals surface area (Å²) in [6, 6.07) is 13.2. The minimum atomic E-state index is -0.704. The highest BCUT2D eigenvalue weighted by atomic mass is 35.5. The highest BCUT2D eigenvalue weighted by Gasteiger charge is 2.17. The van der Waals surface area contributed by atoms with Gasteiger partial charge < -0.3 is 10.6 Å². The van der Waals surface area contributed by atoms with E-state index in [0.29, 0.717) is 20.9 Å². The fraction of sp³-hybridized carbons (Fsp3) is 0.158. The van der Waals surface area contributed by atoms with Crippen molar-refractivity contribution in [3.8, 4) is 5.69 Å². The Labute approximate surface area is 181 Å². The molecule has 1 atom stereocenters. The molecule has 10 heteroatoms. The van der Waals surface area contributed by atoms with Crippen molar-refractivity contribution in [3.05, 3.63) is 64.9 Å². The van der Waals surface area contributed by atoms with Crippen molar-refractivity contribution >= 4 is 52.5 Å². The molecule has 29 heavy (non-hydrogen) atoms. The summed E-state index contributed by atoms with van der Waals surface area (Å²) < 4.78 is 1.74. The summed E-state index contributed by atoms with van der Waals surface area (Å²) in [5.74, 6) is -0.542. The number of aromatic nitrogens is 3. The van der Waals surface area contributed by atoms with Gasteiger partial charge in [-0.25, -0.2) is 0 Å². The molecule has 0 spiro atoms.